The molecule has 0 amide bonds. The van der Waals surface area contributed by atoms with Crippen LogP contribution < -0.4 is 4.74 Å². The molecule has 0 unspecified atom stereocenters. The first-order valence-corrected chi connectivity index (χ1v) is 6.64. The van der Waals surface area contributed by atoms with Crippen molar-refractivity contribution < 1.29 is 14.6 Å². The SMILES string of the molecule is Cc1cc(C(=O)O)ccc1Oc1ccc2ccccc2c1. The first-order valence-electron chi connectivity index (χ1n) is 6.64. The summed E-state index contributed by atoms with van der Waals surface area (Å²) in [5.41, 5.74) is 1.06. The molecule has 21 heavy (non-hydrogen) atoms. The van der Waals surface area contributed by atoms with Crippen LogP contribution in [0.2, 0.25) is 0 Å². The maximum absolute atomic E-state index is 10.9. The standard InChI is InChI=1S/C18H14O3/c1-12-10-15(18(19)20)7-9-17(12)21-16-8-6-13-4-2-3-5-14(13)11-16/h2-11H,1H3,(H,19,20). The largest absolute Gasteiger partial charge is 0.478 e. The summed E-state index contributed by atoms with van der Waals surface area (Å²) >= 11 is 0. The minimum absolute atomic E-state index is 0.262. The van der Waals surface area contributed by atoms with Crippen LogP contribution >= 0.6 is 0 Å². The van der Waals surface area contributed by atoms with Crippen LogP contribution in [0.1, 0.15) is 15.9 Å². The average molecular weight is 278 g/mol. The Morgan fingerprint density at radius 1 is 0.952 bits per heavy atom. The summed E-state index contributed by atoms with van der Waals surface area (Å²) in [5.74, 6) is 0.463. The van der Waals surface area contributed by atoms with Gasteiger partial charge in [0.25, 0.3) is 0 Å². The fourth-order valence-electron chi connectivity index (χ4n) is 2.25. The number of carboxylic acids is 1. The van der Waals surface area contributed by atoms with E-state index in [1.54, 1.807) is 18.2 Å². The number of benzene rings is 3. The van der Waals surface area contributed by atoms with Gasteiger partial charge in [-0.1, -0.05) is 30.3 Å². The van der Waals surface area contributed by atoms with E-state index in [4.69, 9.17) is 9.84 Å². The summed E-state index contributed by atoms with van der Waals surface area (Å²) in [6.07, 6.45) is 0. The molecule has 104 valence electrons. The summed E-state index contributed by atoms with van der Waals surface area (Å²) in [6.45, 7) is 1.84. The lowest BCUT2D eigenvalue weighted by Crippen LogP contribution is -1.97. The lowest BCUT2D eigenvalue weighted by Gasteiger charge is -2.10. The fourth-order valence-corrected chi connectivity index (χ4v) is 2.25. The molecule has 0 aliphatic carbocycles. The molecular formula is C18H14O3. The zero-order valence-corrected chi connectivity index (χ0v) is 11.5. The molecule has 0 aromatic heterocycles. The van der Waals surface area contributed by atoms with Crippen LogP contribution in [0.5, 0.6) is 11.5 Å². The van der Waals surface area contributed by atoms with Crippen LogP contribution in [0, 0.1) is 6.92 Å². The third-order valence-electron chi connectivity index (χ3n) is 3.37. The minimum atomic E-state index is -0.935. The predicted molar refractivity (Wildman–Crippen MR) is 82.2 cm³/mol. The predicted octanol–water partition coefficient (Wildman–Crippen LogP) is 4.64. The van der Waals surface area contributed by atoms with Gasteiger partial charge in [0.1, 0.15) is 11.5 Å². The van der Waals surface area contributed by atoms with Crippen molar-refractivity contribution in [3.8, 4) is 11.5 Å². The molecule has 3 heteroatoms. The Labute approximate surface area is 122 Å². The minimum Gasteiger partial charge on any atom is -0.478 e. The van der Waals surface area contributed by atoms with Gasteiger partial charge in [0.05, 0.1) is 5.56 Å². The normalized spacial score (nSPS) is 10.5. The molecule has 3 aromatic carbocycles. The Bertz CT molecular complexity index is 822. The van der Waals surface area contributed by atoms with Crippen molar-refractivity contribution in [2.45, 2.75) is 6.92 Å². The van der Waals surface area contributed by atoms with Gasteiger partial charge in [-0.05, 0) is 53.6 Å². The Hall–Kier alpha value is -2.81. The molecule has 0 bridgehead atoms. The number of carboxylic acid groups (broad SMARTS) is 1. The van der Waals surface area contributed by atoms with Gasteiger partial charge in [-0.15, -0.1) is 0 Å². The molecule has 3 rings (SSSR count). The van der Waals surface area contributed by atoms with E-state index < -0.39 is 5.97 Å². The topological polar surface area (TPSA) is 46.5 Å². The summed E-state index contributed by atoms with van der Waals surface area (Å²) in [4.78, 5) is 10.9. The van der Waals surface area contributed by atoms with E-state index in [1.807, 2.05) is 49.4 Å². The third-order valence-corrected chi connectivity index (χ3v) is 3.37. The maximum atomic E-state index is 10.9. The van der Waals surface area contributed by atoms with Gasteiger partial charge in [0.2, 0.25) is 0 Å². The van der Waals surface area contributed by atoms with E-state index >= 15 is 0 Å². The monoisotopic (exact) mass is 278 g/mol. The van der Waals surface area contributed by atoms with Crippen molar-refractivity contribution in [2.24, 2.45) is 0 Å². The fraction of sp³-hybridized carbons (Fsp3) is 0.0556. The smallest absolute Gasteiger partial charge is 0.335 e. The molecule has 0 spiro atoms. The number of ether oxygens (including phenoxy) is 1. The Morgan fingerprint density at radius 2 is 1.71 bits per heavy atom. The van der Waals surface area contributed by atoms with Crippen LogP contribution in [-0.2, 0) is 0 Å². The number of rotatable bonds is 3. The number of aromatic carboxylic acids is 1. The van der Waals surface area contributed by atoms with Crippen LogP contribution in [0.3, 0.4) is 0 Å². The molecule has 0 aliphatic rings. The van der Waals surface area contributed by atoms with Crippen molar-refractivity contribution in [2.75, 3.05) is 0 Å². The van der Waals surface area contributed by atoms with Gasteiger partial charge in [0, 0.05) is 0 Å². The van der Waals surface area contributed by atoms with Gasteiger partial charge in [-0.2, -0.15) is 0 Å². The number of carbonyl (C=O) groups is 1. The highest BCUT2D eigenvalue weighted by atomic mass is 16.5. The zero-order chi connectivity index (χ0) is 14.8. The first kappa shape index (κ1) is 13.2. The van der Waals surface area contributed by atoms with Crippen molar-refractivity contribution in [3.63, 3.8) is 0 Å². The van der Waals surface area contributed by atoms with E-state index in [1.165, 1.54) is 0 Å². The van der Waals surface area contributed by atoms with Crippen LogP contribution in [0.25, 0.3) is 10.8 Å². The van der Waals surface area contributed by atoms with Gasteiger partial charge < -0.3 is 9.84 Å². The first-order chi connectivity index (χ1) is 10.1. The second-order valence-electron chi connectivity index (χ2n) is 4.90. The molecule has 0 aliphatic heterocycles. The Balaban J connectivity index is 1.93. The molecule has 1 N–H and O–H groups in total. The lowest BCUT2D eigenvalue weighted by molar-refractivity contribution is 0.0697. The summed E-state index contributed by atoms with van der Waals surface area (Å²) in [6, 6.07) is 18.8. The number of aryl methyl sites for hydroxylation is 1. The van der Waals surface area contributed by atoms with Gasteiger partial charge in [-0.25, -0.2) is 4.79 Å². The molecule has 0 radical (unpaired) electrons. The van der Waals surface area contributed by atoms with Gasteiger partial charge in [0.15, 0.2) is 0 Å². The number of hydrogen-bond donors (Lipinski definition) is 1. The van der Waals surface area contributed by atoms with E-state index in [9.17, 15) is 4.79 Å². The van der Waals surface area contributed by atoms with Crippen molar-refractivity contribution in [1.29, 1.82) is 0 Å². The highest BCUT2D eigenvalue weighted by Crippen LogP contribution is 2.28. The van der Waals surface area contributed by atoms with E-state index in [-0.39, 0.29) is 5.56 Å². The molecule has 3 nitrogen and oxygen atoms in total. The highest BCUT2D eigenvalue weighted by Gasteiger charge is 2.07. The second-order valence-corrected chi connectivity index (χ2v) is 4.90. The quantitative estimate of drug-likeness (QED) is 0.759. The number of fused-ring (bicyclic) bond motifs is 1. The van der Waals surface area contributed by atoms with Crippen LogP contribution in [0.15, 0.2) is 60.7 Å². The highest BCUT2D eigenvalue weighted by molar-refractivity contribution is 5.88. The molecule has 0 saturated heterocycles. The lowest BCUT2D eigenvalue weighted by atomic mass is 10.1. The van der Waals surface area contributed by atoms with Gasteiger partial charge in [-0.3, -0.25) is 0 Å². The zero-order valence-electron chi connectivity index (χ0n) is 11.5. The molecule has 0 fully saturated rings. The molecular weight excluding hydrogens is 264 g/mol. The van der Waals surface area contributed by atoms with Crippen LogP contribution in [-0.4, -0.2) is 11.1 Å². The third kappa shape index (κ3) is 2.72. The second kappa shape index (κ2) is 5.29. The van der Waals surface area contributed by atoms with E-state index in [2.05, 4.69) is 0 Å². The molecule has 0 saturated carbocycles. The maximum Gasteiger partial charge on any atom is 0.335 e. The summed E-state index contributed by atoms with van der Waals surface area (Å²) in [7, 11) is 0. The summed E-state index contributed by atoms with van der Waals surface area (Å²) < 4.78 is 5.86. The van der Waals surface area contributed by atoms with Crippen molar-refractivity contribution in [3.05, 3.63) is 71.8 Å². The van der Waals surface area contributed by atoms with E-state index in [0.717, 1.165) is 22.1 Å². The van der Waals surface area contributed by atoms with Crippen molar-refractivity contribution >= 4 is 16.7 Å². The van der Waals surface area contributed by atoms with Crippen molar-refractivity contribution in [1.82, 2.24) is 0 Å². The average Bonchev–Trinajstić information content (AvgIpc) is 2.49. The Morgan fingerprint density at radius 3 is 2.43 bits per heavy atom. The van der Waals surface area contributed by atoms with Gasteiger partial charge >= 0.3 is 5.97 Å². The Kier molecular flexibility index (Phi) is 3.32. The van der Waals surface area contributed by atoms with E-state index in [0.29, 0.717) is 5.75 Å². The number of hydrogen-bond acceptors (Lipinski definition) is 2. The summed E-state index contributed by atoms with van der Waals surface area (Å²) in [5, 5.41) is 11.2. The molecule has 3 aromatic rings. The molecule has 0 heterocycles. The molecule has 0 atom stereocenters. The van der Waals surface area contributed by atoms with Crippen LogP contribution in [0.4, 0.5) is 0 Å².